The Hall–Kier alpha value is -5.35. The number of phenolic OH excluding ortho intramolecular Hbond substituents is 2. The van der Waals surface area contributed by atoms with Crippen molar-refractivity contribution in [3.8, 4) is 22.9 Å². The Morgan fingerprint density at radius 2 is 0.960 bits per heavy atom. The number of aromatic nitrogens is 6. The summed E-state index contributed by atoms with van der Waals surface area (Å²) in [6.45, 7) is 16.5. The van der Waals surface area contributed by atoms with E-state index in [2.05, 4.69) is 69.2 Å². The molecule has 5 aromatic carbocycles. The zero-order chi connectivity index (χ0) is 35.5. The fourth-order valence-corrected chi connectivity index (χ4v) is 6.89. The van der Waals surface area contributed by atoms with E-state index < -0.39 is 0 Å². The number of nitrogens with one attached hydrogen (secondary N) is 1. The lowest BCUT2D eigenvalue weighted by molar-refractivity contribution is 0.439. The average molecular weight is 684 g/mol. The molecule has 0 unspecified atom stereocenters. The van der Waals surface area contributed by atoms with Crippen molar-refractivity contribution in [2.75, 3.05) is 5.32 Å². The summed E-state index contributed by atoms with van der Waals surface area (Å²) in [6.07, 6.45) is 0. The SMILES string of the molecule is Cc1cc(-n2nc3ccc(Nc4ccc(Sc5ccc6nn(-c7cc(C)cc(C(C)(C)C)c7O)nc6c5)cc4)cc3n2)c(O)c(C(C)(C)C)c1. The van der Waals surface area contributed by atoms with Gasteiger partial charge < -0.3 is 15.5 Å². The smallest absolute Gasteiger partial charge is 0.146 e. The Balaban J connectivity index is 1.07. The number of benzene rings is 5. The maximum absolute atomic E-state index is 11.1. The molecule has 9 nitrogen and oxygen atoms in total. The van der Waals surface area contributed by atoms with Crippen molar-refractivity contribution >= 4 is 45.2 Å². The quantitative estimate of drug-likeness (QED) is 0.159. The summed E-state index contributed by atoms with van der Waals surface area (Å²) in [6, 6.07) is 28.0. The molecule has 254 valence electrons. The van der Waals surface area contributed by atoms with Crippen molar-refractivity contribution in [2.45, 2.75) is 76.0 Å². The summed E-state index contributed by atoms with van der Waals surface area (Å²) >= 11 is 1.65. The first kappa shape index (κ1) is 33.2. The summed E-state index contributed by atoms with van der Waals surface area (Å²) in [4.78, 5) is 5.17. The minimum atomic E-state index is -0.220. The van der Waals surface area contributed by atoms with E-state index >= 15 is 0 Å². The van der Waals surface area contributed by atoms with Gasteiger partial charge in [0.15, 0.2) is 0 Å². The minimum absolute atomic E-state index is 0.197. The number of fused-ring (bicyclic) bond motifs is 2. The third-order valence-electron chi connectivity index (χ3n) is 8.63. The highest BCUT2D eigenvalue weighted by Crippen LogP contribution is 2.38. The normalized spacial score (nSPS) is 12.2. The zero-order valence-electron chi connectivity index (χ0n) is 29.6. The van der Waals surface area contributed by atoms with Crippen LogP contribution in [-0.2, 0) is 10.8 Å². The Morgan fingerprint density at radius 3 is 1.48 bits per heavy atom. The molecule has 0 aliphatic heterocycles. The van der Waals surface area contributed by atoms with Gasteiger partial charge in [-0.1, -0.05) is 65.4 Å². The summed E-state index contributed by atoms with van der Waals surface area (Å²) in [5, 5.41) is 44.4. The molecular weight excluding hydrogens is 643 g/mol. The van der Waals surface area contributed by atoms with Crippen LogP contribution >= 0.6 is 11.8 Å². The number of phenols is 2. The molecule has 0 spiro atoms. The monoisotopic (exact) mass is 683 g/mol. The first-order chi connectivity index (χ1) is 23.6. The summed E-state index contributed by atoms with van der Waals surface area (Å²) in [5.74, 6) is 0.401. The molecule has 50 heavy (non-hydrogen) atoms. The van der Waals surface area contributed by atoms with Crippen LogP contribution in [-0.4, -0.2) is 40.2 Å². The molecule has 0 radical (unpaired) electrons. The van der Waals surface area contributed by atoms with Gasteiger partial charge in [-0.25, -0.2) is 0 Å². The zero-order valence-corrected chi connectivity index (χ0v) is 30.4. The largest absolute Gasteiger partial charge is 0.505 e. The molecule has 0 fully saturated rings. The van der Waals surface area contributed by atoms with E-state index in [-0.39, 0.29) is 22.3 Å². The maximum atomic E-state index is 11.1. The minimum Gasteiger partial charge on any atom is -0.505 e. The second-order valence-corrected chi connectivity index (χ2v) is 16.1. The molecule has 0 amide bonds. The number of hydrogen-bond donors (Lipinski definition) is 3. The predicted molar refractivity (Wildman–Crippen MR) is 202 cm³/mol. The summed E-state index contributed by atoms with van der Waals surface area (Å²) in [5.41, 5.74) is 9.32. The van der Waals surface area contributed by atoms with Gasteiger partial charge in [0.1, 0.15) is 44.9 Å². The van der Waals surface area contributed by atoms with Crippen molar-refractivity contribution in [3.05, 3.63) is 107 Å². The first-order valence-corrected chi connectivity index (χ1v) is 17.4. The highest BCUT2D eigenvalue weighted by atomic mass is 32.2. The van der Waals surface area contributed by atoms with Crippen LogP contribution in [0.5, 0.6) is 11.5 Å². The number of rotatable bonds is 6. The lowest BCUT2D eigenvalue weighted by atomic mass is 9.85. The van der Waals surface area contributed by atoms with Crippen molar-refractivity contribution in [2.24, 2.45) is 0 Å². The molecule has 3 N–H and O–H groups in total. The fraction of sp³-hybridized carbons (Fsp3) is 0.250. The number of nitrogens with zero attached hydrogens (tertiary/aromatic N) is 6. The van der Waals surface area contributed by atoms with E-state index in [1.165, 1.54) is 9.59 Å². The van der Waals surface area contributed by atoms with E-state index in [1.54, 1.807) is 11.8 Å². The standard InChI is InChI=1S/C40H41N7O2S/c1-23-17-29(39(3,4)5)37(48)35(19-23)46-42-31-15-11-26(21-33(31)44-46)41-25-9-12-27(13-10-25)50-28-14-16-32-34(22-28)45-47(43-32)36-20-24(2)18-30(38(36)49)40(6,7)8/h9-22,41,48-49H,1-8H3. The van der Waals surface area contributed by atoms with E-state index in [4.69, 9.17) is 10.2 Å². The Labute approximate surface area is 296 Å². The lowest BCUT2D eigenvalue weighted by Crippen LogP contribution is -2.13. The summed E-state index contributed by atoms with van der Waals surface area (Å²) < 4.78 is 0. The Kier molecular flexibility index (Phi) is 8.10. The molecule has 0 bridgehead atoms. The van der Waals surface area contributed by atoms with Crippen LogP contribution in [0.15, 0.2) is 94.7 Å². The van der Waals surface area contributed by atoms with E-state index in [9.17, 15) is 10.2 Å². The summed E-state index contributed by atoms with van der Waals surface area (Å²) in [7, 11) is 0. The Morgan fingerprint density at radius 1 is 0.520 bits per heavy atom. The van der Waals surface area contributed by atoms with Crippen LogP contribution in [0, 0.1) is 13.8 Å². The molecule has 2 heterocycles. The van der Waals surface area contributed by atoms with Gasteiger partial charge in [0.25, 0.3) is 0 Å². The van der Waals surface area contributed by atoms with E-state index in [0.717, 1.165) is 65.5 Å². The molecule has 7 aromatic rings. The van der Waals surface area contributed by atoms with Gasteiger partial charge in [-0.15, -0.1) is 30.0 Å². The van der Waals surface area contributed by atoms with E-state index in [1.807, 2.05) is 86.6 Å². The van der Waals surface area contributed by atoms with Crippen molar-refractivity contribution in [3.63, 3.8) is 0 Å². The molecule has 0 saturated heterocycles. The van der Waals surface area contributed by atoms with Gasteiger partial charge in [-0.3, -0.25) is 0 Å². The van der Waals surface area contributed by atoms with Crippen LogP contribution < -0.4 is 5.32 Å². The molecule has 0 saturated carbocycles. The molecule has 10 heteroatoms. The molecule has 0 aliphatic rings. The Bertz CT molecular complexity index is 2230. The number of hydrogen-bond acceptors (Lipinski definition) is 8. The van der Waals surface area contributed by atoms with Gasteiger partial charge in [-0.2, -0.15) is 0 Å². The molecule has 0 atom stereocenters. The third-order valence-corrected chi connectivity index (χ3v) is 9.62. The van der Waals surface area contributed by atoms with Crippen molar-refractivity contribution < 1.29 is 10.2 Å². The van der Waals surface area contributed by atoms with Gasteiger partial charge in [-0.05, 0) is 109 Å². The fourth-order valence-electron chi connectivity index (χ4n) is 6.04. The third kappa shape index (κ3) is 6.50. The van der Waals surface area contributed by atoms with Crippen LogP contribution in [0.4, 0.5) is 11.4 Å². The number of anilines is 2. The second-order valence-electron chi connectivity index (χ2n) is 14.9. The predicted octanol–water partition coefficient (Wildman–Crippen LogP) is 9.67. The lowest BCUT2D eigenvalue weighted by Gasteiger charge is -2.22. The second kappa shape index (κ2) is 12.2. The average Bonchev–Trinajstić information content (AvgIpc) is 3.66. The number of aromatic hydroxyl groups is 2. The van der Waals surface area contributed by atoms with Gasteiger partial charge >= 0.3 is 0 Å². The number of aryl methyl sites for hydroxylation is 2. The molecule has 7 rings (SSSR count). The van der Waals surface area contributed by atoms with Crippen LogP contribution in [0.25, 0.3) is 33.4 Å². The van der Waals surface area contributed by atoms with Crippen LogP contribution in [0.2, 0.25) is 0 Å². The molecule has 0 aliphatic carbocycles. The highest BCUT2D eigenvalue weighted by Gasteiger charge is 2.24. The van der Waals surface area contributed by atoms with Gasteiger partial charge in [0, 0.05) is 32.3 Å². The van der Waals surface area contributed by atoms with Crippen molar-refractivity contribution in [1.29, 1.82) is 0 Å². The van der Waals surface area contributed by atoms with Crippen molar-refractivity contribution in [1.82, 2.24) is 30.0 Å². The van der Waals surface area contributed by atoms with Gasteiger partial charge in [0.2, 0.25) is 0 Å². The highest BCUT2D eigenvalue weighted by molar-refractivity contribution is 7.99. The maximum Gasteiger partial charge on any atom is 0.146 e. The van der Waals surface area contributed by atoms with E-state index in [0.29, 0.717) is 11.4 Å². The molecule has 2 aromatic heterocycles. The topological polar surface area (TPSA) is 114 Å². The van der Waals surface area contributed by atoms with Gasteiger partial charge in [0.05, 0.1) is 0 Å². The van der Waals surface area contributed by atoms with Crippen LogP contribution in [0.1, 0.15) is 63.8 Å². The first-order valence-electron chi connectivity index (χ1n) is 16.6. The molecular formula is C40H41N7O2S. The van der Waals surface area contributed by atoms with Crippen LogP contribution in [0.3, 0.4) is 0 Å².